The van der Waals surface area contributed by atoms with Crippen molar-refractivity contribution in [1.29, 1.82) is 0 Å². The first-order chi connectivity index (χ1) is 5.46. The number of rotatable bonds is 2. The highest BCUT2D eigenvalue weighted by Crippen LogP contribution is 2.36. The van der Waals surface area contributed by atoms with E-state index < -0.39 is 5.97 Å². The van der Waals surface area contributed by atoms with Gasteiger partial charge in [0.15, 0.2) is 0 Å². The average Bonchev–Trinajstić information content (AvgIpc) is 2.33. The number of carbonyl (C=O) groups is 1. The van der Waals surface area contributed by atoms with Gasteiger partial charge in [0.05, 0.1) is 4.87 Å². The summed E-state index contributed by atoms with van der Waals surface area (Å²) in [4.78, 5) is 10.6. The van der Waals surface area contributed by atoms with Gasteiger partial charge < -0.3 is 5.11 Å². The Hall–Kier alpha value is -0.220. The van der Waals surface area contributed by atoms with Crippen molar-refractivity contribution < 1.29 is 9.90 Å². The van der Waals surface area contributed by atoms with Gasteiger partial charge in [-0.3, -0.25) is 10.1 Å². The number of thioether (sulfide) groups is 1. The summed E-state index contributed by atoms with van der Waals surface area (Å²) in [5.74, 6) is 0.378. The van der Waals surface area contributed by atoms with Crippen molar-refractivity contribution in [2.24, 2.45) is 5.92 Å². The molecule has 2 N–H and O–H groups in total. The van der Waals surface area contributed by atoms with E-state index in [1.807, 2.05) is 0 Å². The molecule has 0 amide bonds. The molecule has 0 aromatic heterocycles. The second kappa shape index (κ2) is 3.26. The predicted molar refractivity (Wildman–Crippen MR) is 50.3 cm³/mol. The zero-order valence-electron chi connectivity index (χ0n) is 7.63. The van der Waals surface area contributed by atoms with Gasteiger partial charge in [-0.05, 0) is 12.8 Å². The van der Waals surface area contributed by atoms with E-state index in [0.717, 1.165) is 0 Å². The Balaban J connectivity index is 2.60. The molecular formula is C8H15NO2S. The van der Waals surface area contributed by atoms with Crippen LogP contribution in [0.25, 0.3) is 0 Å². The SMILES string of the molecule is CC(C)C1(C)NC(C(=O)O)CS1. The second-order valence-electron chi connectivity index (χ2n) is 3.61. The van der Waals surface area contributed by atoms with Crippen molar-refractivity contribution in [3.8, 4) is 0 Å². The molecule has 1 saturated heterocycles. The molecule has 2 atom stereocenters. The molecule has 12 heavy (non-hydrogen) atoms. The van der Waals surface area contributed by atoms with Gasteiger partial charge in [0.1, 0.15) is 6.04 Å². The number of hydrogen-bond donors (Lipinski definition) is 2. The number of carboxylic acid groups (broad SMARTS) is 1. The lowest BCUT2D eigenvalue weighted by atomic mass is 10.1. The molecule has 0 spiro atoms. The van der Waals surface area contributed by atoms with Crippen molar-refractivity contribution in [1.82, 2.24) is 5.32 Å². The standard InChI is InChI=1S/C8H15NO2S/c1-5(2)8(3)9-6(4-12-8)7(10)11/h5-6,9H,4H2,1-3H3,(H,10,11). The summed E-state index contributed by atoms with van der Waals surface area (Å²) in [5.41, 5.74) is 0. The van der Waals surface area contributed by atoms with Gasteiger partial charge >= 0.3 is 5.97 Å². The Labute approximate surface area is 76.9 Å². The highest BCUT2D eigenvalue weighted by Gasteiger charge is 2.40. The van der Waals surface area contributed by atoms with Crippen molar-refractivity contribution in [3.05, 3.63) is 0 Å². The minimum Gasteiger partial charge on any atom is -0.480 e. The molecule has 0 aromatic rings. The van der Waals surface area contributed by atoms with Crippen LogP contribution in [0.2, 0.25) is 0 Å². The zero-order chi connectivity index (χ0) is 9.35. The highest BCUT2D eigenvalue weighted by atomic mass is 32.2. The van der Waals surface area contributed by atoms with E-state index in [9.17, 15) is 4.79 Å². The Morgan fingerprint density at radius 1 is 1.75 bits per heavy atom. The molecular weight excluding hydrogens is 174 g/mol. The van der Waals surface area contributed by atoms with E-state index >= 15 is 0 Å². The van der Waals surface area contributed by atoms with Gasteiger partial charge in [-0.1, -0.05) is 13.8 Å². The molecule has 0 saturated carbocycles. The summed E-state index contributed by atoms with van der Waals surface area (Å²) < 4.78 is 0. The lowest BCUT2D eigenvalue weighted by molar-refractivity contribution is -0.138. The monoisotopic (exact) mass is 189 g/mol. The molecule has 4 heteroatoms. The predicted octanol–water partition coefficient (Wildman–Crippen LogP) is 1.15. The van der Waals surface area contributed by atoms with E-state index in [0.29, 0.717) is 11.7 Å². The molecule has 0 aromatic carbocycles. The maximum atomic E-state index is 10.6. The summed E-state index contributed by atoms with van der Waals surface area (Å²) >= 11 is 1.70. The molecule has 70 valence electrons. The van der Waals surface area contributed by atoms with Crippen LogP contribution in [0, 0.1) is 5.92 Å². The quantitative estimate of drug-likeness (QED) is 0.684. The first kappa shape index (κ1) is 9.86. The molecule has 0 aliphatic carbocycles. The van der Waals surface area contributed by atoms with Gasteiger partial charge in [0, 0.05) is 5.75 Å². The molecule has 1 heterocycles. The lowest BCUT2D eigenvalue weighted by Gasteiger charge is -2.28. The molecule has 3 nitrogen and oxygen atoms in total. The van der Waals surface area contributed by atoms with E-state index in [1.54, 1.807) is 11.8 Å². The largest absolute Gasteiger partial charge is 0.480 e. The van der Waals surface area contributed by atoms with Gasteiger partial charge in [0.2, 0.25) is 0 Å². The third kappa shape index (κ3) is 1.75. The second-order valence-corrected chi connectivity index (χ2v) is 5.08. The molecule has 1 aliphatic rings. The van der Waals surface area contributed by atoms with Crippen LogP contribution in [0.15, 0.2) is 0 Å². The zero-order valence-corrected chi connectivity index (χ0v) is 8.44. The first-order valence-corrected chi connectivity index (χ1v) is 5.09. The van der Waals surface area contributed by atoms with Crippen LogP contribution >= 0.6 is 11.8 Å². The third-order valence-electron chi connectivity index (χ3n) is 2.41. The maximum Gasteiger partial charge on any atom is 0.321 e. The van der Waals surface area contributed by atoms with Crippen molar-refractivity contribution in [2.75, 3.05) is 5.75 Å². The first-order valence-electron chi connectivity index (χ1n) is 4.10. The molecule has 0 bridgehead atoms. The van der Waals surface area contributed by atoms with E-state index in [1.165, 1.54) is 0 Å². The summed E-state index contributed by atoms with van der Waals surface area (Å²) in [5, 5.41) is 11.9. The number of carboxylic acids is 1. The summed E-state index contributed by atoms with van der Waals surface area (Å²) in [6.45, 7) is 6.26. The van der Waals surface area contributed by atoms with Crippen molar-refractivity contribution in [2.45, 2.75) is 31.7 Å². The minimum atomic E-state index is -0.744. The van der Waals surface area contributed by atoms with Crippen molar-refractivity contribution >= 4 is 17.7 Å². The van der Waals surface area contributed by atoms with Crippen molar-refractivity contribution in [3.63, 3.8) is 0 Å². The Morgan fingerprint density at radius 3 is 2.58 bits per heavy atom. The van der Waals surface area contributed by atoms with Gasteiger partial charge in [-0.2, -0.15) is 0 Å². The normalized spacial score (nSPS) is 35.8. The Bertz CT molecular complexity index is 195. The average molecular weight is 189 g/mol. The van der Waals surface area contributed by atoms with Crippen LogP contribution in [-0.2, 0) is 4.79 Å². The maximum absolute atomic E-state index is 10.6. The molecule has 1 rings (SSSR count). The van der Waals surface area contributed by atoms with Crippen LogP contribution in [0.1, 0.15) is 20.8 Å². The fourth-order valence-corrected chi connectivity index (χ4v) is 2.45. The fraction of sp³-hybridized carbons (Fsp3) is 0.875. The van der Waals surface area contributed by atoms with E-state index in [2.05, 4.69) is 26.1 Å². The van der Waals surface area contributed by atoms with Crippen LogP contribution in [0.4, 0.5) is 0 Å². The van der Waals surface area contributed by atoms with Crippen LogP contribution < -0.4 is 5.32 Å². The Morgan fingerprint density at radius 2 is 2.33 bits per heavy atom. The van der Waals surface area contributed by atoms with Gasteiger partial charge in [-0.25, -0.2) is 0 Å². The molecule has 1 fully saturated rings. The smallest absolute Gasteiger partial charge is 0.321 e. The number of hydrogen-bond acceptors (Lipinski definition) is 3. The molecule has 1 aliphatic heterocycles. The van der Waals surface area contributed by atoms with Crippen LogP contribution in [-0.4, -0.2) is 27.7 Å². The number of aliphatic carboxylic acids is 1. The number of nitrogens with one attached hydrogen (secondary N) is 1. The Kier molecular flexibility index (Phi) is 2.68. The van der Waals surface area contributed by atoms with Gasteiger partial charge in [0.25, 0.3) is 0 Å². The summed E-state index contributed by atoms with van der Waals surface area (Å²) in [6, 6.07) is -0.373. The summed E-state index contributed by atoms with van der Waals surface area (Å²) in [6.07, 6.45) is 0. The lowest BCUT2D eigenvalue weighted by Crippen LogP contribution is -2.46. The molecule has 2 unspecified atom stereocenters. The minimum absolute atomic E-state index is 0.0664. The van der Waals surface area contributed by atoms with E-state index in [4.69, 9.17) is 5.11 Å². The highest BCUT2D eigenvalue weighted by molar-refractivity contribution is 8.00. The molecule has 0 radical (unpaired) electrons. The third-order valence-corrected chi connectivity index (χ3v) is 4.10. The van der Waals surface area contributed by atoms with Crippen LogP contribution in [0.3, 0.4) is 0 Å². The summed E-state index contributed by atoms with van der Waals surface area (Å²) in [7, 11) is 0. The topological polar surface area (TPSA) is 49.3 Å². The van der Waals surface area contributed by atoms with Gasteiger partial charge in [-0.15, -0.1) is 11.8 Å². The van der Waals surface area contributed by atoms with E-state index in [-0.39, 0.29) is 10.9 Å². The van der Waals surface area contributed by atoms with Crippen LogP contribution in [0.5, 0.6) is 0 Å². The fourth-order valence-electron chi connectivity index (χ4n) is 1.15.